The molecule has 0 amide bonds. The summed E-state index contributed by atoms with van der Waals surface area (Å²) >= 11 is 1.80. The van der Waals surface area contributed by atoms with Gasteiger partial charge in [0.05, 0.1) is 5.92 Å². The van der Waals surface area contributed by atoms with Gasteiger partial charge in [-0.15, -0.1) is 0 Å². The van der Waals surface area contributed by atoms with E-state index >= 15 is 0 Å². The van der Waals surface area contributed by atoms with Crippen LogP contribution in [0.4, 0.5) is 0 Å². The first-order valence-electron chi connectivity index (χ1n) is 3.60. The van der Waals surface area contributed by atoms with Crippen LogP contribution in [0.5, 0.6) is 0 Å². The smallest absolute Gasteiger partial charge is 0.307 e. The summed E-state index contributed by atoms with van der Waals surface area (Å²) in [4.78, 5) is 10.6. The summed E-state index contributed by atoms with van der Waals surface area (Å²) < 4.78 is 0. The van der Waals surface area contributed by atoms with E-state index in [4.69, 9.17) is 5.11 Å². The Balaban J connectivity index is 2.50. The Morgan fingerprint density at radius 3 is 2.90 bits per heavy atom. The largest absolute Gasteiger partial charge is 0.481 e. The lowest BCUT2D eigenvalue weighted by molar-refractivity contribution is -0.141. The third kappa shape index (κ3) is 1.45. The van der Waals surface area contributed by atoms with E-state index in [1.807, 2.05) is 0 Å². The van der Waals surface area contributed by atoms with Crippen LogP contribution in [0, 0.1) is 5.92 Å². The van der Waals surface area contributed by atoms with Crippen molar-refractivity contribution < 1.29 is 9.90 Å². The lowest BCUT2D eigenvalue weighted by Gasteiger charge is -2.10. The zero-order chi connectivity index (χ0) is 7.56. The van der Waals surface area contributed by atoms with Crippen molar-refractivity contribution in [2.45, 2.75) is 25.0 Å². The van der Waals surface area contributed by atoms with E-state index in [2.05, 4.69) is 6.92 Å². The van der Waals surface area contributed by atoms with Crippen LogP contribution < -0.4 is 0 Å². The van der Waals surface area contributed by atoms with Crippen molar-refractivity contribution in [1.82, 2.24) is 0 Å². The van der Waals surface area contributed by atoms with Crippen LogP contribution >= 0.6 is 11.8 Å². The Labute approximate surface area is 65.0 Å². The molecule has 10 heavy (non-hydrogen) atoms. The number of aliphatic carboxylic acids is 1. The minimum absolute atomic E-state index is 0.0741. The lowest BCUT2D eigenvalue weighted by Crippen LogP contribution is -2.20. The molecule has 1 aliphatic heterocycles. The van der Waals surface area contributed by atoms with E-state index in [0.29, 0.717) is 5.25 Å². The van der Waals surface area contributed by atoms with Crippen molar-refractivity contribution in [2.24, 2.45) is 5.92 Å². The summed E-state index contributed by atoms with van der Waals surface area (Å²) in [6.07, 6.45) is 1.85. The highest BCUT2D eigenvalue weighted by Crippen LogP contribution is 2.34. The molecule has 1 fully saturated rings. The summed E-state index contributed by atoms with van der Waals surface area (Å²) in [5.74, 6) is 0.335. The summed E-state index contributed by atoms with van der Waals surface area (Å²) in [6.45, 7) is 2.05. The molecule has 0 radical (unpaired) electrons. The van der Waals surface area contributed by atoms with E-state index in [-0.39, 0.29) is 5.92 Å². The minimum Gasteiger partial charge on any atom is -0.481 e. The maximum absolute atomic E-state index is 10.6. The van der Waals surface area contributed by atoms with E-state index < -0.39 is 5.97 Å². The van der Waals surface area contributed by atoms with Gasteiger partial charge in [-0.3, -0.25) is 4.79 Å². The monoisotopic (exact) mass is 160 g/mol. The van der Waals surface area contributed by atoms with Gasteiger partial charge in [0, 0.05) is 5.25 Å². The number of carboxylic acid groups (broad SMARTS) is 1. The Hall–Kier alpha value is -0.180. The molecular formula is C7H12O2S. The second kappa shape index (κ2) is 3.28. The Morgan fingerprint density at radius 2 is 2.50 bits per heavy atom. The number of carbonyl (C=O) groups is 1. The number of thioether (sulfide) groups is 1. The molecule has 2 atom stereocenters. The second-order valence-corrected chi connectivity index (χ2v) is 3.90. The first kappa shape index (κ1) is 7.92. The molecule has 1 aliphatic rings. The predicted molar refractivity (Wildman–Crippen MR) is 42.3 cm³/mol. The van der Waals surface area contributed by atoms with Gasteiger partial charge in [-0.05, 0) is 18.6 Å². The van der Waals surface area contributed by atoms with Crippen molar-refractivity contribution in [1.29, 1.82) is 0 Å². The van der Waals surface area contributed by atoms with Gasteiger partial charge in [-0.1, -0.05) is 6.92 Å². The van der Waals surface area contributed by atoms with Gasteiger partial charge in [-0.25, -0.2) is 0 Å². The Bertz CT molecular complexity index is 136. The van der Waals surface area contributed by atoms with Crippen molar-refractivity contribution in [3.05, 3.63) is 0 Å². The standard InChI is InChI=1S/C7H12O2S/c1-2-6-5(7(8)9)3-4-10-6/h5-6H,2-4H2,1H3,(H,8,9). The zero-order valence-corrected chi connectivity index (χ0v) is 6.86. The normalized spacial score (nSPS) is 32.5. The highest BCUT2D eigenvalue weighted by molar-refractivity contribution is 8.00. The van der Waals surface area contributed by atoms with Crippen molar-refractivity contribution in [3.8, 4) is 0 Å². The van der Waals surface area contributed by atoms with E-state index in [1.165, 1.54) is 0 Å². The molecule has 2 nitrogen and oxygen atoms in total. The van der Waals surface area contributed by atoms with Crippen LogP contribution in [-0.2, 0) is 4.79 Å². The average Bonchev–Trinajstić information content (AvgIpc) is 2.33. The summed E-state index contributed by atoms with van der Waals surface area (Å²) in [6, 6.07) is 0. The molecule has 0 aliphatic carbocycles. The van der Waals surface area contributed by atoms with Gasteiger partial charge in [0.2, 0.25) is 0 Å². The molecule has 0 aromatic rings. The topological polar surface area (TPSA) is 37.3 Å². The summed E-state index contributed by atoms with van der Waals surface area (Å²) in [5.41, 5.74) is 0. The first-order chi connectivity index (χ1) is 4.75. The molecule has 3 heteroatoms. The van der Waals surface area contributed by atoms with Crippen LogP contribution in [0.1, 0.15) is 19.8 Å². The summed E-state index contributed by atoms with van der Waals surface area (Å²) in [5, 5.41) is 9.07. The maximum Gasteiger partial charge on any atom is 0.307 e. The molecule has 0 saturated carbocycles. The lowest BCUT2D eigenvalue weighted by atomic mass is 10.0. The average molecular weight is 160 g/mol. The van der Waals surface area contributed by atoms with E-state index in [9.17, 15) is 4.79 Å². The SMILES string of the molecule is CCC1SCCC1C(=O)O. The van der Waals surface area contributed by atoms with E-state index in [0.717, 1.165) is 18.6 Å². The maximum atomic E-state index is 10.6. The molecule has 0 aromatic heterocycles. The molecule has 58 valence electrons. The third-order valence-electron chi connectivity index (χ3n) is 1.93. The first-order valence-corrected chi connectivity index (χ1v) is 4.65. The number of rotatable bonds is 2. The Kier molecular flexibility index (Phi) is 2.60. The quantitative estimate of drug-likeness (QED) is 0.666. The molecule has 1 heterocycles. The molecule has 1 saturated heterocycles. The van der Waals surface area contributed by atoms with Gasteiger partial charge in [-0.2, -0.15) is 11.8 Å². The molecule has 2 unspecified atom stereocenters. The van der Waals surface area contributed by atoms with Gasteiger partial charge in [0.15, 0.2) is 0 Å². The van der Waals surface area contributed by atoms with Gasteiger partial charge < -0.3 is 5.11 Å². The van der Waals surface area contributed by atoms with Crippen LogP contribution in [0.3, 0.4) is 0 Å². The molecule has 1 N–H and O–H groups in total. The van der Waals surface area contributed by atoms with Gasteiger partial charge >= 0.3 is 5.97 Å². The van der Waals surface area contributed by atoms with Crippen molar-refractivity contribution >= 4 is 17.7 Å². The van der Waals surface area contributed by atoms with Crippen LogP contribution in [0.2, 0.25) is 0 Å². The second-order valence-electron chi connectivity index (χ2n) is 2.55. The van der Waals surface area contributed by atoms with Gasteiger partial charge in [0.25, 0.3) is 0 Å². The Morgan fingerprint density at radius 1 is 1.80 bits per heavy atom. The molecule has 1 rings (SSSR count). The predicted octanol–water partition coefficient (Wildman–Crippen LogP) is 1.60. The van der Waals surface area contributed by atoms with Crippen LogP contribution in [-0.4, -0.2) is 22.1 Å². The zero-order valence-electron chi connectivity index (χ0n) is 6.04. The fraction of sp³-hybridized carbons (Fsp3) is 0.857. The summed E-state index contributed by atoms with van der Waals surface area (Å²) in [7, 11) is 0. The number of hydrogen-bond donors (Lipinski definition) is 1. The van der Waals surface area contributed by atoms with Gasteiger partial charge in [0.1, 0.15) is 0 Å². The highest BCUT2D eigenvalue weighted by atomic mass is 32.2. The number of carboxylic acids is 1. The van der Waals surface area contributed by atoms with E-state index in [1.54, 1.807) is 11.8 Å². The van der Waals surface area contributed by atoms with Crippen LogP contribution in [0.15, 0.2) is 0 Å². The fourth-order valence-corrected chi connectivity index (χ4v) is 2.75. The fourth-order valence-electron chi connectivity index (χ4n) is 1.33. The molecular weight excluding hydrogens is 148 g/mol. The minimum atomic E-state index is -0.614. The number of hydrogen-bond acceptors (Lipinski definition) is 2. The van der Waals surface area contributed by atoms with Crippen molar-refractivity contribution in [2.75, 3.05) is 5.75 Å². The van der Waals surface area contributed by atoms with Crippen LogP contribution in [0.25, 0.3) is 0 Å². The molecule has 0 bridgehead atoms. The molecule has 0 aromatic carbocycles. The third-order valence-corrected chi connectivity index (χ3v) is 3.49. The highest BCUT2D eigenvalue weighted by Gasteiger charge is 2.31. The molecule has 0 spiro atoms. The van der Waals surface area contributed by atoms with Crippen molar-refractivity contribution in [3.63, 3.8) is 0 Å².